The number of carbonyl (C=O) groups is 1. The lowest BCUT2D eigenvalue weighted by Crippen LogP contribution is -2.42. The van der Waals surface area contributed by atoms with Crippen molar-refractivity contribution in [2.24, 2.45) is 0 Å². The molecule has 5 heteroatoms. The van der Waals surface area contributed by atoms with E-state index in [2.05, 4.69) is 45.5 Å². The molecule has 4 rings (SSSR count). The number of pyridine rings is 1. The van der Waals surface area contributed by atoms with Crippen molar-refractivity contribution in [3.63, 3.8) is 0 Å². The van der Waals surface area contributed by atoms with Crippen LogP contribution < -0.4 is 5.32 Å². The van der Waals surface area contributed by atoms with Gasteiger partial charge in [0.15, 0.2) is 0 Å². The Morgan fingerprint density at radius 3 is 2.70 bits per heavy atom. The van der Waals surface area contributed by atoms with Gasteiger partial charge in [0, 0.05) is 38.4 Å². The van der Waals surface area contributed by atoms with Crippen LogP contribution in [-0.2, 0) is 12.0 Å². The molecule has 2 heterocycles. The zero-order valence-electron chi connectivity index (χ0n) is 16.2. The molecule has 5 nitrogen and oxygen atoms in total. The average Bonchev–Trinajstić information content (AvgIpc) is 2.98. The van der Waals surface area contributed by atoms with Gasteiger partial charge in [-0.3, -0.25) is 9.88 Å². The summed E-state index contributed by atoms with van der Waals surface area (Å²) in [5, 5.41) is 3.22. The Balaban J connectivity index is 1.48. The largest absolute Gasteiger partial charge is 0.331 e. The highest BCUT2D eigenvalue weighted by Crippen LogP contribution is 2.50. The third kappa shape index (κ3) is 3.56. The number of urea groups is 1. The zero-order chi connectivity index (χ0) is 18.9. The number of amides is 2. The maximum Gasteiger partial charge on any atom is 0.317 e. The minimum atomic E-state index is -0.0131. The molecule has 2 amide bonds. The van der Waals surface area contributed by atoms with Crippen LogP contribution >= 0.6 is 0 Å². The van der Waals surface area contributed by atoms with E-state index in [0.717, 1.165) is 38.9 Å². The van der Waals surface area contributed by atoms with Crippen LogP contribution in [0.5, 0.6) is 0 Å². The Morgan fingerprint density at radius 2 is 2.00 bits per heavy atom. The third-order valence-electron chi connectivity index (χ3n) is 6.15. The second kappa shape index (κ2) is 7.31. The van der Waals surface area contributed by atoms with E-state index in [4.69, 9.17) is 0 Å². The van der Waals surface area contributed by atoms with Crippen molar-refractivity contribution in [3.05, 3.63) is 65.5 Å². The van der Waals surface area contributed by atoms with Gasteiger partial charge in [0.05, 0.1) is 6.04 Å². The number of carbonyl (C=O) groups excluding carboxylic acids is 1. The van der Waals surface area contributed by atoms with Crippen LogP contribution in [0.4, 0.5) is 4.79 Å². The van der Waals surface area contributed by atoms with Crippen LogP contribution in [0.2, 0.25) is 0 Å². The maximum atomic E-state index is 12.2. The minimum absolute atomic E-state index is 0.0131. The number of nitrogens with zero attached hydrogens (tertiary/aromatic N) is 3. The molecule has 2 aromatic rings. The summed E-state index contributed by atoms with van der Waals surface area (Å²) >= 11 is 0. The van der Waals surface area contributed by atoms with Crippen LogP contribution in [0, 0.1) is 0 Å². The van der Waals surface area contributed by atoms with Crippen molar-refractivity contribution < 1.29 is 4.79 Å². The first kappa shape index (κ1) is 18.0. The molecule has 1 aliphatic carbocycles. The summed E-state index contributed by atoms with van der Waals surface area (Å²) in [4.78, 5) is 20.6. The van der Waals surface area contributed by atoms with E-state index in [1.165, 1.54) is 16.7 Å². The molecule has 1 atom stereocenters. The smallest absolute Gasteiger partial charge is 0.317 e. The van der Waals surface area contributed by atoms with Crippen LogP contribution in [0.25, 0.3) is 0 Å². The fraction of sp³-hybridized carbons (Fsp3) is 0.455. The summed E-state index contributed by atoms with van der Waals surface area (Å²) in [6, 6.07) is 12.9. The summed E-state index contributed by atoms with van der Waals surface area (Å²) in [5.41, 5.74) is 4.20. The van der Waals surface area contributed by atoms with Crippen molar-refractivity contribution in [2.45, 2.75) is 37.3 Å². The van der Waals surface area contributed by atoms with Gasteiger partial charge in [-0.2, -0.15) is 0 Å². The number of rotatable bonds is 3. The Bertz CT molecular complexity index is 797. The van der Waals surface area contributed by atoms with Crippen molar-refractivity contribution in [2.75, 3.05) is 27.2 Å². The molecule has 142 valence electrons. The molecule has 1 unspecified atom stereocenters. The van der Waals surface area contributed by atoms with Gasteiger partial charge in [-0.25, -0.2) is 4.79 Å². The SMILES string of the molecule is CN(C)C(=O)NC1CC2(CCN(Cc3cccnc3)CC2)c2ccccc21. The molecule has 1 saturated heterocycles. The maximum absolute atomic E-state index is 12.2. The quantitative estimate of drug-likeness (QED) is 0.909. The summed E-state index contributed by atoms with van der Waals surface area (Å²) in [7, 11) is 3.59. The summed E-state index contributed by atoms with van der Waals surface area (Å²) in [6.45, 7) is 3.13. The van der Waals surface area contributed by atoms with Gasteiger partial charge in [-0.1, -0.05) is 30.3 Å². The number of likely N-dealkylation sites (tertiary alicyclic amines) is 1. The number of nitrogens with one attached hydrogen (secondary N) is 1. The molecular formula is C22H28N4O. The van der Waals surface area contributed by atoms with E-state index in [-0.39, 0.29) is 17.5 Å². The van der Waals surface area contributed by atoms with Gasteiger partial charge < -0.3 is 10.2 Å². The van der Waals surface area contributed by atoms with E-state index in [9.17, 15) is 4.79 Å². The van der Waals surface area contributed by atoms with E-state index >= 15 is 0 Å². The first-order chi connectivity index (χ1) is 13.1. The summed E-state index contributed by atoms with van der Waals surface area (Å²) < 4.78 is 0. The zero-order valence-corrected chi connectivity index (χ0v) is 16.2. The first-order valence-electron chi connectivity index (χ1n) is 9.76. The average molecular weight is 364 g/mol. The second-order valence-corrected chi connectivity index (χ2v) is 8.11. The Morgan fingerprint density at radius 1 is 1.22 bits per heavy atom. The molecule has 1 fully saturated rings. The molecule has 0 bridgehead atoms. The normalized spacial score (nSPS) is 21.0. The number of aromatic nitrogens is 1. The van der Waals surface area contributed by atoms with E-state index < -0.39 is 0 Å². The highest BCUT2D eigenvalue weighted by atomic mass is 16.2. The fourth-order valence-electron chi connectivity index (χ4n) is 4.66. The topological polar surface area (TPSA) is 48.5 Å². The Labute approximate surface area is 161 Å². The van der Waals surface area contributed by atoms with E-state index in [1.807, 2.05) is 18.5 Å². The van der Waals surface area contributed by atoms with Crippen molar-refractivity contribution in [1.29, 1.82) is 0 Å². The number of fused-ring (bicyclic) bond motifs is 2. The summed E-state index contributed by atoms with van der Waals surface area (Å²) in [6.07, 6.45) is 7.07. The van der Waals surface area contributed by atoms with Crippen LogP contribution in [0.1, 0.15) is 42.0 Å². The molecule has 2 aliphatic rings. The Kier molecular flexibility index (Phi) is 4.87. The lowest BCUT2D eigenvalue weighted by Gasteiger charge is -2.40. The summed E-state index contributed by atoms with van der Waals surface area (Å²) in [5.74, 6) is 0. The van der Waals surface area contributed by atoms with Gasteiger partial charge >= 0.3 is 6.03 Å². The van der Waals surface area contributed by atoms with Crippen LogP contribution in [0.3, 0.4) is 0 Å². The minimum Gasteiger partial charge on any atom is -0.331 e. The predicted octanol–water partition coefficient (Wildman–Crippen LogP) is 3.33. The van der Waals surface area contributed by atoms with E-state index in [1.54, 1.807) is 19.0 Å². The van der Waals surface area contributed by atoms with Gasteiger partial charge in [0.2, 0.25) is 0 Å². The first-order valence-corrected chi connectivity index (χ1v) is 9.76. The Hall–Kier alpha value is -2.40. The van der Waals surface area contributed by atoms with Gasteiger partial charge in [0.25, 0.3) is 0 Å². The van der Waals surface area contributed by atoms with Gasteiger partial charge in [-0.15, -0.1) is 0 Å². The number of benzene rings is 1. The second-order valence-electron chi connectivity index (χ2n) is 8.11. The molecule has 0 saturated carbocycles. The third-order valence-corrected chi connectivity index (χ3v) is 6.15. The molecule has 1 spiro atoms. The standard InChI is InChI=1S/C22H28N4O/c1-25(2)21(27)24-20-14-22(19-8-4-3-7-18(19)20)9-12-26(13-10-22)16-17-6-5-11-23-15-17/h3-8,11,15,20H,9-10,12-14,16H2,1-2H3,(H,24,27). The van der Waals surface area contributed by atoms with Gasteiger partial charge in [0.1, 0.15) is 0 Å². The number of hydrogen-bond donors (Lipinski definition) is 1. The predicted molar refractivity (Wildman–Crippen MR) is 106 cm³/mol. The monoisotopic (exact) mass is 364 g/mol. The number of hydrogen-bond acceptors (Lipinski definition) is 3. The van der Waals surface area contributed by atoms with Crippen LogP contribution in [0.15, 0.2) is 48.8 Å². The van der Waals surface area contributed by atoms with Crippen molar-refractivity contribution in [1.82, 2.24) is 20.1 Å². The lowest BCUT2D eigenvalue weighted by atomic mass is 9.73. The highest BCUT2D eigenvalue weighted by Gasteiger charge is 2.45. The molecule has 1 aromatic carbocycles. The molecular weight excluding hydrogens is 336 g/mol. The molecule has 0 radical (unpaired) electrons. The molecule has 1 aromatic heterocycles. The highest BCUT2D eigenvalue weighted by molar-refractivity contribution is 5.74. The van der Waals surface area contributed by atoms with Crippen molar-refractivity contribution >= 4 is 6.03 Å². The fourth-order valence-corrected chi connectivity index (χ4v) is 4.66. The molecule has 27 heavy (non-hydrogen) atoms. The molecule has 1 N–H and O–H groups in total. The van der Waals surface area contributed by atoms with Crippen molar-refractivity contribution in [3.8, 4) is 0 Å². The lowest BCUT2D eigenvalue weighted by molar-refractivity contribution is 0.146. The van der Waals surface area contributed by atoms with E-state index in [0.29, 0.717) is 0 Å². The van der Waals surface area contributed by atoms with Crippen LogP contribution in [-0.4, -0.2) is 48.0 Å². The molecule has 1 aliphatic heterocycles. The van der Waals surface area contributed by atoms with Gasteiger partial charge in [-0.05, 0) is 55.1 Å². The number of piperidine rings is 1.